The number of amides is 1. The van der Waals surface area contributed by atoms with Crippen LogP contribution >= 0.6 is 24.0 Å². The van der Waals surface area contributed by atoms with Gasteiger partial charge in [0.15, 0.2) is 0 Å². The highest BCUT2D eigenvalue weighted by molar-refractivity contribution is 6.29. The van der Waals surface area contributed by atoms with Crippen LogP contribution < -0.4 is 4.90 Å². The minimum atomic E-state index is -0.121. The molecule has 1 heterocycles. The summed E-state index contributed by atoms with van der Waals surface area (Å²) in [6.07, 6.45) is 3.51. The molecule has 1 amide bonds. The quantitative estimate of drug-likeness (QED) is 0.771. The van der Waals surface area contributed by atoms with Gasteiger partial charge in [0, 0.05) is 12.4 Å². The first kappa shape index (κ1) is 18.5. The minimum absolute atomic E-state index is 0. The number of carbonyl (C=O) groups excluding carboxylic acids is 1. The van der Waals surface area contributed by atoms with Crippen molar-refractivity contribution in [2.75, 3.05) is 10.8 Å². The number of hydrogen-bond acceptors (Lipinski definition) is 2. The Morgan fingerprint density at radius 3 is 2.36 bits per heavy atom. The van der Waals surface area contributed by atoms with Crippen molar-refractivity contribution >= 4 is 35.6 Å². The molecule has 0 saturated carbocycles. The molecule has 22 heavy (non-hydrogen) atoms. The second kappa shape index (κ2) is 8.16. The number of hydrogen-bond donors (Lipinski definition) is 0. The number of rotatable bonds is 4. The summed E-state index contributed by atoms with van der Waals surface area (Å²) >= 11 is 5.83. The summed E-state index contributed by atoms with van der Waals surface area (Å²) in [4.78, 5) is 18.3. The zero-order valence-electron chi connectivity index (χ0n) is 12.9. The van der Waals surface area contributed by atoms with E-state index in [9.17, 15) is 4.79 Å². The van der Waals surface area contributed by atoms with E-state index in [1.165, 1.54) is 0 Å². The topological polar surface area (TPSA) is 33.2 Å². The largest absolute Gasteiger partial charge is 0.304 e. The van der Waals surface area contributed by atoms with Gasteiger partial charge in [0.25, 0.3) is 0 Å². The SMILES string of the molecule is Cc1cccc(C)c1N(C(=O)CCl)C(C)c1cccnc1.Cl. The monoisotopic (exact) mass is 338 g/mol. The fourth-order valence-electron chi connectivity index (χ4n) is 2.56. The smallest absolute Gasteiger partial charge is 0.242 e. The number of para-hydroxylation sites is 1. The zero-order valence-corrected chi connectivity index (χ0v) is 14.5. The molecule has 1 aromatic carbocycles. The van der Waals surface area contributed by atoms with Gasteiger partial charge in [0.2, 0.25) is 5.91 Å². The maximum atomic E-state index is 12.4. The molecule has 0 spiro atoms. The molecule has 1 unspecified atom stereocenters. The molecule has 0 N–H and O–H groups in total. The Hall–Kier alpha value is -1.58. The lowest BCUT2D eigenvalue weighted by Crippen LogP contribution is -2.35. The number of halogens is 2. The molecule has 0 fully saturated rings. The lowest BCUT2D eigenvalue weighted by Gasteiger charge is -2.31. The number of aromatic nitrogens is 1. The Kier molecular flexibility index (Phi) is 6.85. The van der Waals surface area contributed by atoms with Gasteiger partial charge in [0.1, 0.15) is 5.88 Å². The number of anilines is 1. The van der Waals surface area contributed by atoms with Crippen LogP contribution in [-0.4, -0.2) is 16.8 Å². The van der Waals surface area contributed by atoms with E-state index < -0.39 is 0 Å². The first-order valence-electron chi connectivity index (χ1n) is 6.90. The average molecular weight is 339 g/mol. The van der Waals surface area contributed by atoms with Gasteiger partial charge < -0.3 is 4.90 Å². The number of benzene rings is 1. The minimum Gasteiger partial charge on any atom is -0.304 e. The second-order valence-corrected chi connectivity index (χ2v) is 5.37. The van der Waals surface area contributed by atoms with E-state index in [2.05, 4.69) is 4.98 Å². The summed E-state index contributed by atoms with van der Waals surface area (Å²) in [6, 6.07) is 9.73. The van der Waals surface area contributed by atoms with Crippen molar-refractivity contribution in [3.05, 3.63) is 59.4 Å². The van der Waals surface area contributed by atoms with Gasteiger partial charge in [-0.1, -0.05) is 24.3 Å². The number of nitrogens with zero attached hydrogens (tertiary/aromatic N) is 2. The third kappa shape index (κ3) is 3.79. The molecule has 1 aromatic heterocycles. The summed E-state index contributed by atoms with van der Waals surface area (Å²) < 4.78 is 0. The Bertz CT molecular complexity index is 612. The predicted molar refractivity (Wildman–Crippen MR) is 94.0 cm³/mol. The molecule has 0 aliphatic heterocycles. The van der Waals surface area contributed by atoms with Crippen molar-refractivity contribution < 1.29 is 4.79 Å². The first-order valence-corrected chi connectivity index (χ1v) is 7.44. The van der Waals surface area contributed by atoms with Crippen molar-refractivity contribution in [1.29, 1.82) is 0 Å². The summed E-state index contributed by atoms with van der Waals surface area (Å²) in [7, 11) is 0. The van der Waals surface area contributed by atoms with Crippen LogP contribution in [0.3, 0.4) is 0 Å². The van der Waals surface area contributed by atoms with Crippen LogP contribution in [0.5, 0.6) is 0 Å². The van der Waals surface area contributed by atoms with Crippen LogP contribution in [0.1, 0.15) is 29.7 Å². The van der Waals surface area contributed by atoms with Crippen LogP contribution in [0, 0.1) is 13.8 Å². The van der Waals surface area contributed by atoms with Crippen molar-refractivity contribution in [3.63, 3.8) is 0 Å². The van der Waals surface area contributed by atoms with Gasteiger partial charge in [0.05, 0.1) is 11.7 Å². The van der Waals surface area contributed by atoms with Crippen LogP contribution in [0.2, 0.25) is 0 Å². The molecule has 2 aromatic rings. The fourth-order valence-corrected chi connectivity index (χ4v) is 2.69. The van der Waals surface area contributed by atoms with Gasteiger partial charge in [-0.3, -0.25) is 9.78 Å². The Labute approximate surface area is 142 Å². The number of carbonyl (C=O) groups is 1. The van der Waals surface area contributed by atoms with E-state index in [1.807, 2.05) is 51.1 Å². The highest BCUT2D eigenvalue weighted by Crippen LogP contribution is 2.32. The third-order valence-corrected chi connectivity index (χ3v) is 3.85. The van der Waals surface area contributed by atoms with E-state index in [4.69, 9.17) is 11.6 Å². The predicted octanol–water partition coefficient (Wildman–Crippen LogP) is 4.45. The molecule has 0 bridgehead atoms. The van der Waals surface area contributed by atoms with E-state index in [0.29, 0.717) is 0 Å². The van der Waals surface area contributed by atoms with Crippen LogP contribution in [-0.2, 0) is 4.79 Å². The first-order chi connectivity index (χ1) is 10.1. The Morgan fingerprint density at radius 1 is 1.23 bits per heavy atom. The lowest BCUT2D eigenvalue weighted by molar-refractivity contribution is -0.116. The molecule has 3 nitrogen and oxygen atoms in total. The van der Waals surface area contributed by atoms with Crippen molar-refractivity contribution in [2.24, 2.45) is 0 Å². The van der Waals surface area contributed by atoms with Crippen LogP contribution in [0.25, 0.3) is 0 Å². The summed E-state index contributed by atoms with van der Waals surface area (Å²) in [5.41, 5.74) is 4.03. The van der Waals surface area contributed by atoms with E-state index in [-0.39, 0.29) is 30.2 Å². The number of alkyl halides is 1. The standard InChI is InChI=1S/C17H19ClN2O.ClH/c1-12-6-4-7-13(2)17(12)20(16(21)10-18)14(3)15-8-5-9-19-11-15;/h4-9,11,14H,10H2,1-3H3;1H. The summed E-state index contributed by atoms with van der Waals surface area (Å²) in [6.45, 7) is 6.01. The molecule has 0 aliphatic carbocycles. The van der Waals surface area contributed by atoms with Crippen molar-refractivity contribution in [1.82, 2.24) is 4.98 Å². The molecule has 5 heteroatoms. The van der Waals surface area contributed by atoms with E-state index in [1.54, 1.807) is 17.3 Å². The van der Waals surface area contributed by atoms with Gasteiger partial charge >= 0.3 is 0 Å². The molecular weight excluding hydrogens is 319 g/mol. The molecule has 118 valence electrons. The molecule has 0 saturated heterocycles. The molecular formula is C17H20Cl2N2O. The average Bonchev–Trinajstić information content (AvgIpc) is 2.50. The maximum absolute atomic E-state index is 12.4. The van der Waals surface area contributed by atoms with Gasteiger partial charge in [-0.05, 0) is 43.5 Å². The Morgan fingerprint density at radius 2 is 1.86 bits per heavy atom. The number of aryl methyl sites for hydroxylation is 2. The van der Waals surface area contributed by atoms with Crippen molar-refractivity contribution in [2.45, 2.75) is 26.8 Å². The highest BCUT2D eigenvalue weighted by atomic mass is 35.5. The molecule has 0 aliphatic rings. The fraction of sp³-hybridized carbons (Fsp3) is 0.294. The number of pyridine rings is 1. The van der Waals surface area contributed by atoms with E-state index in [0.717, 1.165) is 22.4 Å². The van der Waals surface area contributed by atoms with Gasteiger partial charge in [-0.25, -0.2) is 0 Å². The third-order valence-electron chi connectivity index (χ3n) is 3.62. The van der Waals surface area contributed by atoms with Crippen LogP contribution in [0.4, 0.5) is 5.69 Å². The van der Waals surface area contributed by atoms with Gasteiger partial charge in [-0.2, -0.15) is 0 Å². The maximum Gasteiger partial charge on any atom is 0.242 e. The molecule has 0 radical (unpaired) electrons. The normalized spacial score (nSPS) is 11.5. The van der Waals surface area contributed by atoms with Gasteiger partial charge in [-0.15, -0.1) is 24.0 Å². The zero-order chi connectivity index (χ0) is 15.4. The summed E-state index contributed by atoms with van der Waals surface area (Å²) in [5, 5.41) is 0. The van der Waals surface area contributed by atoms with E-state index >= 15 is 0 Å². The van der Waals surface area contributed by atoms with Crippen molar-refractivity contribution in [3.8, 4) is 0 Å². The summed E-state index contributed by atoms with van der Waals surface area (Å²) in [5.74, 6) is -0.149. The lowest BCUT2D eigenvalue weighted by atomic mass is 10.0. The second-order valence-electron chi connectivity index (χ2n) is 5.10. The molecule has 2 rings (SSSR count). The molecule has 1 atom stereocenters. The Balaban J connectivity index is 0.00000242. The van der Waals surface area contributed by atoms with Crippen LogP contribution in [0.15, 0.2) is 42.7 Å². The highest BCUT2D eigenvalue weighted by Gasteiger charge is 2.25.